The summed E-state index contributed by atoms with van der Waals surface area (Å²) in [5.74, 6) is 0.318. The van der Waals surface area contributed by atoms with Crippen molar-refractivity contribution in [3.63, 3.8) is 0 Å². The van der Waals surface area contributed by atoms with Crippen LogP contribution >= 0.6 is 22.6 Å². The summed E-state index contributed by atoms with van der Waals surface area (Å²) in [4.78, 5) is 11.9. The number of nitrogens with two attached hydrogens (primary N) is 1. The van der Waals surface area contributed by atoms with Gasteiger partial charge in [0.1, 0.15) is 6.33 Å². The van der Waals surface area contributed by atoms with Gasteiger partial charge >= 0.3 is 0 Å². The first kappa shape index (κ1) is 10.7. The minimum Gasteiger partial charge on any atom is -0.409 e. The van der Waals surface area contributed by atoms with Gasteiger partial charge in [-0.05, 0) is 22.6 Å². The average Bonchev–Trinajstić information content (AvgIpc) is 2.78. The van der Waals surface area contributed by atoms with Crippen molar-refractivity contribution in [1.82, 2.24) is 24.7 Å². The fourth-order valence-corrected chi connectivity index (χ4v) is 1.22. The second-order valence-corrected chi connectivity index (χ2v) is 3.94. The van der Waals surface area contributed by atoms with Crippen molar-refractivity contribution in [3.8, 4) is 5.95 Å². The zero-order chi connectivity index (χ0) is 11.5. The highest BCUT2D eigenvalue weighted by Crippen LogP contribution is 2.02. The van der Waals surface area contributed by atoms with E-state index in [1.54, 1.807) is 12.4 Å². The van der Waals surface area contributed by atoms with Crippen molar-refractivity contribution >= 4 is 28.4 Å². The van der Waals surface area contributed by atoms with E-state index in [2.05, 4.69) is 47.8 Å². The van der Waals surface area contributed by atoms with Crippen LogP contribution in [0.1, 0.15) is 5.82 Å². The van der Waals surface area contributed by atoms with E-state index in [1.807, 2.05) is 0 Å². The first-order chi connectivity index (χ1) is 7.70. The molecule has 2 aromatic rings. The molecule has 2 aromatic heterocycles. The number of hydrogen-bond donors (Lipinski definition) is 2. The van der Waals surface area contributed by atoms with E-state index in [-0.39, 0.29) is 11.7 Å². The maximum atomic E-state index is 8.45. The van der Waals surface area contributed by atoms with Crippen molar-refractivity contribution in [1.29, 1.82) is 0 Å². The summed E-state index contributed by atoms with van der Waals surface area (Å²) in [5, 5.41) is 15.2. The van der Waals surface area contributed by atoms with Crippen LogP contribution in [0.25, 0.3) is 5.95 Å². The summed E-state index contributed by atoms with van der Waals surface area (Å²) >= 11 is 2.10. The predicted molar refractivity (Wildman–Crippen MR) is 62.2 cm³/mol. The van der Waals surface area contributed by atoms with E-state index in [1.165, 1.54) is 11.0 Å². The van der Waals surface area contributed by atoms with Crippen molar-refractivity contribution < 1.29 is 5.21 Å². The van der Waals surface area contributed by atoms with Crippen LogP contribution in [0.5, 0.6) is 0 Å². The van der Waals surface area contributed by atoms with Crippen molar-refractivity contribution in [3.05, 3.63) is 28.1 Å². The molecule has 3 N–H and O–H groups in total. The molecule has 0 amide bonds. The molecule has 82 valence electrons. The van der Waals surface area contributed by atoms with Gasteiger partial charge in [0.2, 0.25) is 11.7 Å². The lowest BCUT2D eigenvalue weighted by Crippen LogP contribution is -2.15. The third-order valence-electron chi connectivity index (χ3n) is 1.64. The predicted octanol–water partition coefficient (Wildman–Crippen LogP) is -0.244. The average molecular weight is 331 g/mol. The van der Waals surface area contributed by atoms with Gasteiger partial charge in [0.05, 0.1) is 0 Å². The molecule has 0 bridgehead atoms. The quantitative estimate of drug-likeness (QED) is 0.258. The summed E-state index contributed by atoms with van der Waals surface area (Å²) in [5.41, 5.74) is 5.33. The lowest BCUT2D eigenvalue weighted by atomic mass is 10.6. The van der Waals surface area contributed by atoms with Gasteiger partial charge in [0.25, 0.3) is 5.95 Å². The smallest absolute Gasteiger partial charge is 0.252 e. The van der Waals surface area contributed by atoms with Gasteiger partial charge in [-0.2, -0.15) is 4.68 Å². The van der Waals surface area contributed by atoms with Crippen LogP contribution < -0.4 is 5.73 Å². The van der Waals surface area contributed by atoms with Gasteiger partial charge in [0, 0.05) is 16.0 Å². The van der Waals surface area contributed by atoms with Crippen molar-refractivity contribution in [2.75, 3.05) is 0 Å². The second kappa shape index (κ2) is 4.38. The van der Waals surface area contributed by atoms with E-state index in [4.69, 9.17) is 10.9 Å². The molecular weight excluding hydrogens is 325 g/mol. The number of hydrogen-bond acceptors (Lipinski definition) is 6. The molecule has 0 unspecified atom stereocenters. The number of aromatic nitrogens is 5. The first-order valence-electron chi connectivity index (χ1n) is 4.08. The van der Waals surface area contributed by atoms with Crippen LogP contribution in [0.15, 0.2) is 23.9 Å². The number of amidine groups is 1. The molecule has 2 heterocycles. The normalized spacial score (nSPS) is 11.7. The number of nitrogens with zero attached hydrogens (tertiary/aromatic N) is 6. The summed E-state index contributed by atoms with van der Waals surface area (Å²) in [6.45, 7) is 0. The third-order valence-corrected chi connectivity index (χ3v) is 2.20. The van der Waals surface area contributed by atoms with Crippen LogP contribution in [-0.2, 0) is 0 Å². The van der Waals surface area contributed by atoms with Crippen LogP contribution in [0, 0.1) is 3.57 Å². The topological polar surface area (TPSA) is 115 Å². The van der Waals surface area contributed by atoms with Gasteiger partial charge < -0.3 is 10.9 Å². The second-order valence-electron chi connectivity index (χ2n) is 2.70. The molecule has 0 aliphatic heterocycles. The number of oxime groups is 1. The molecule has 0 radical (unpaired) electrons. The van der Waals surface area contributed by atoms with Crippen LogP contribution in [0.4, 0.5) is 0 Å². The molecule has 2 rings (SSSR count). The van der Waals surface area contributed by atoms with Crippen LogP contribution in [-0.4, -0.2) is 35.8 Å². The van der Waals surface area contributed by atoms with Gasteiger partial charge in [-0.3, -0.25) is 0 Å². The minimum absolute atomic E-state index is 0.115. The maximum absolute atomic E-state index is 8.45. The zero-order valence-corrected chi connectivity index (χ0v) is 9.98. The first-order valence-corrected chi connectivity index (χ1v) is 5.16. The Morgan fingerprint density at radius 2 is 2.06 bits per heavy atom. The van der Waals surface area contributed by atoms with Gasteiger partial charge in [0.15, 0.2) is 0 Å². The van der Waals surface area contributed by atoms with E-state index < -0.39 is 0 Å². The van der Waals surface area contributed by atoms with Crippen LogP contribution in [0.3, 0.4) is 0 Å². The third kappa shape index (κ3) is 2.08. The maximum Gasteiger partial charge on any atom is 0.252 e. The Hall–Kier alpha value is -1.78. The lowest BCUT2D eigenvalue weighted by Gasteiger charge is -1.96. The molecule has 0 saturated carbocycles. The Bertz CT molecular complexity index is 520. The monoisotopic (exact) mass is 331 g/mol. The molecule has 0 fully saturated rings. The number of halogens is 1. The SMILES string of the molecule is NC(=NO)c1ncn(-c2ncc(I)cn2)n1. The fraction of sp³-hybridized carbons (Fsp3) is 0. The molecular formula is C7H6IN7O. The molecule has 0 atom stereocenters. The highest BCUT2D eigenvalue weighted by atomic mass is 127. The number of rotatable bonds is 2. The van der Waals surface area contributed by atoms with E-state index in [0.29, 0.717) is 5.95 Å². The summed E-state index contributed by atoms with van der Waals surface area (Å²) < 4.78 is 2.25. The molecule has 16 heavy (non-hydrogen) atoms. The largest absolute Gasteiger partial charge is 0.409 e. The molecule has 0 spiro atoms. The molecule has 0 aliphatic rings. The van der Waals surface area contributed by atoms with Crippen molar-refractivity contribution in [2.24, 2.45) is 10.9 Å². The standard InChI is InChI=1S/C7H6IN7O/c8-4-1-10-7(11-2-4)15-3-12-6(13-15)5(9)14-16/h1-3,16H,(H2,9,14). The highest BCUT2D eigenvalue weighted by Gasteiger charge is 2.08. The Morgan fingerprint density at radius 1 is 1.38 bits per heavy atom. The van der Waals surface area contributed by atoms with E-state index in [9.17, 15) is 0 Å². The Labute approximate surface area is 103 Å². The highest BCUT2D eigenvalue weighted by molar-refractivity contribution is 14.1. The summed E-state index contributed by atoms with van der Waals surface area (Å²) in [7, 11) is 0. The Balaban J connectivity index is 2.35. The van der Waals surface area contributed by atoms with E-state index >= 15 is 0 Å². The molecule has 0 aromatic carbocycles. The summed E-state index contributed by atoms with van der Waals surface area (Å²) in [6, 6.07) is 0. The Morgan fingerprint density at radius 3 is 2.69 bits per heavy atom. The molecule has 9 heteroatoms. The molecule has 0 saturated heterocycles. The lowest BCUT2D eigenvalue weighted by molar-refractivity contribution is 0.318. The molecule has 0 aliphatic carbocycles. The minimum atomic E-state index is -0.163. The zero-order valence-electron chi connectivity index (χ0n) is 7.82. The van der Waals surface area contributed by atoms with Gasteiger partial charge in [-0.1, -0.05) is 5.16 Å². The molecule has 8 nitrogen and oxygen atoms in total. The van der Waals surface area contributed by atoms with E-state index in [0.717, 1.165) is 3.57 Å². The Kier molecular flexibility index (Phi) is 2.94. The van der Waals surface area contributed by atoms with Gasteiger partial charge in [-0.25, -0.2) is 15.0 Å². The fourth-order valence-electron chi connectivity index (χ4n) is 0.945. The summed E-state index contributed by atoms with van der Waals surface area (Å²) in [6.07, 6.45) is 4.68. The van der Waals surface area contributed by atoms with Gasteiger partial charge in [-0.15, -0.1) is 5.10 Å². The van der Waals surface area contributed by atoms with Crippen molar-refractivity contribution in [2.45, 2.75) is 0 Å². The van der Waals surface area contributed by atoms with Crippen LogP contribution in [0.2, 0.25) is 0 Å².